The van der Waals surface area contributed by atoms with Crippen LogP contribution in [0.4, 0.5) is 4.39 Å². The summed E-state index contributed by atoms with van der Waals surface area (Å²) in [5.41, 5.74) is 1.08. The van der Waals surface area contributed by atoms with Crippen molar-refractivity contribution in [1.29, 1.82) is 0 Å². The summed E-state index contributed by atoms with van der Waals surface area (Å²) in [5.74, 6) is 0.801. The van der Waals surface area contributed by atoms with Gasteiger partial charge in [-0.25, -0.2) is 4.39 Å². The van der Waals surface area contributed by atoms with Crippen LogP contribution in [0.15, 0.2) is 29.3 Å². The van der Waals surface area contributed by atoms with E-state index in [1.807, 2.05) is 11.8 Å². The Balaban J connectivity index is 0.00000288. The van der Waals surface area contributed by atoms with Crippen LogP contribution < -0.4 is 5.32 Å². The van der Waals surface area contributed by atoms with Crippen molar-refractivity contribution in [2.75, 3.05) is 39.3 Å². The molecular formula is C17H26FIN4O. The lowest BCUT2D eigenvalue weighted by Gasteiger charge is -2.36. The summed E-state index contributed by atoms with van der Waals surface area (Å²) in [4.78, 5) is 20.1. The molecule has 134 valence electrons. The zero-order valence-corrected chi connectivity index (χ0v) is 16.6. The minimum atomic E-state index is -0.214. The van der Waals surface area contributed by atoms with Crippen molar-refractivity contribution in [2.24, 2.45) is 4.99 Å². The fourth-order valence-electron chi connectivity index (χ4n) is 2.60. The predicted molar refractivity (Wildman–Crippen MR) is 105 cm³/mol. The molecule has 1 aliphatic heterocycles. The van der Waals surface area contributed by atoms with Crippen LogP contribution in [0.5, 0.6) is 0 Å². The second kappa shape index (κ2) is 10.5. The number of halogens is 2. The van der Waals surface area contributed by atoms with Crippen molar-refractivity contribution in [2.45, 2.75) is 20.3 Å². The monoisotopic (exact) mass is 448 g/mol. The number of aliphatic imine (C=N–C) groups is 1. The molecule has 1 aromatic carbocycles. The molecule has 0 aliphatic carbocycles. The van der Waals surface area contributed by atoms with Gasteiger partial charge in [0.05, 0.1) is 0 Å². The molecule has 0 saturated carbocycles. The highest BCUT2D eigenvalue weighted by molar-refractivity contribution is 14.0. The molecule has 0 radical (unpaired) electrons. The van der Waals surface area contributed by atoms with Crippen LogP contribution in [0, 0.1) is 5.82 Å². The molecule has 7 heteroatoms. The zero-order chi connectivity index (χ0) is 16.7. The third kappa shape index (κ3) is 6.26. The highest BCUT2D eigenvalue weighted by atomic mass is 127. The molecule has 1 amide bonds. The molecule has 5 nitrogen and oxygen atoms in total. The predicted octanol–water partition coefficient (Wildman–Crippen LogP) is 2.12. The van der Waals surface area contributed by atoms with Gasteiger partial charge in [0, 0.05) is 46.2 Å². The molecule has 1 aliphatic rings. The van der Waals surface area contributed by atoms with Crippen LogP contribution in [0.25, 0.3) is 0 Å². The Kier molecular flexibility index (Phi) is 9.02. The Morgan fingerprint density at radius 2 is 1.75 bits per heavy atom. The average molecular weight is 448 g/mol. The number of nitrogens with zero attached hydrogens (tertiary/aromatic N) is 3. The van der Waals surface area contributed by atoms with E-state index in [1.54, 1.807) is 19.1 Å². The molecule has 1 saturated heterocycles. The number of guanidine groups is 1. The Morgan fingerprint density at radius 3 is 2.29 bits per heavy atom. The van der Waals surface area contributed by atoms with E-state index in [2.05, 4.69) is 15.2 Å². The average Bonchev–Trinajstić information content (AvgIpc) is 2.56. The summed E-state index contributed by atoms with van der Waals surface area (Å²) in [6.45, 7) is 8.17. The maximum Gasteiger partial charge on any atom is 0.219 e. The number of hydrogen-bond acceptors (Lipinski definition) is 2. The lowest BCUT2D eigenvalue weighted by molar-refractivity contribution is -0.130. The number of amides is 1. The normalized spacial score (nSPS) is 15.0. The quantitative estimate of drug-likeness (QED) is 0.436. The van der Waals surface area contributed by atoms with Crippen LogP contribution in [-0.2, 0) is 11.2 Å². The first-order valence-corrected chi connectivity index (χ1v) is 8.13. The molecule has 1 aromatic rings. The molecule has 0 unspecified atom stereocenters. The van der Waals surface area contributed by atoms with Crippen molar-refractivity contribution in [3.05, 3.63) is 35.6 Å². The number of nitrogens with one attached hydrogen (secondary N) is 1. The van der Waals surface area contributed by atoms with Crippen molar-refractivity contribution in [1.82, 2.24) is 15.1 Å². The van der Waals surface area contributed by atoms with E-state index in [0.717, 1.165) is 50.7 Å². The Bertz CT molecular complexity index is 542. The minimum Gasteiger partial charge on any atom is -0.357 e. The molecule has 1 fully saturated rings. The molecule has 0 spiro atoms. The number of benzene rings is 1. The van der Waals surface area contributed by atoms with E-state index in [0.29, 0.717) is 6.54 Å². The van der Waals surface area contributed by atoms with Crippen LogP contribution in [0.3, 0.4) is 0 Å². The van der Waals surface area contributed by atoms with Gasteiger partial charge in [0.2, 0.25) is 5.91 Å². The van der Waals surface area contributed by atoms with Crippen molar-refractivity contribution < 1.29 is 9.18 Å². The SMILES string of the molecule is CCNC(=NCCc1ccc(F)cc1)N1CCN(C(C)=O)CC1.I. The van der Waals surface area contributed by atoms with Crippen LogP contribution in [-0.4, -0.2) is 60.9 Å². The van der Waals surface area contributed by atoms with E-state index in [-0.39, 0.29) is 35.7 Å². The second-order valence-electron chi connectivity index (χ2n) is 5.61. The fraction of sp³-hybridized carbons (Fsp3) is 0.529. The maximum absolute atomic E-state index is 12.9. The molecule has 1 N–H and O–H groups in total. The summed E-state index contributed by atoms with van der Waals surface area (Å²) < 4.78 is 12.9. The van der Waals surface area contributed by atoms with E-state index in [9.17, 15) is 9.18 Å². The molecule has 0 aromatic heterocycles. The largest absolute Gasteiger partial charge is 0.357 e. The van der Waals surface area contributed by atoms with Gasteiger partial charge >= 0.3 is 0 Å². The first-order valence-electron chi connectivity index (χ1n) is 8.13. The zero-order valence-electron chi connectivity index (χ0n) is 14.3. The highest BCUT2D eigenvalue weighted by Gasteiger charge is 2.20. The summed E-state index contributed by atoms with van der Waals surface area (Å²) in [5, 5.41) is 3.30. The van der Waals surface area contributed by atoms with Crippen molar-refractivity contribution in [3.63, 3.8) is 0 Å². The number of carbonyl (C=O) groups is 1. The summed E-state index contributed by atoms with van der Waals surface area (Å²) in [6, 6.07) is 6.54. The van der Waals surface area contributed by atoms with Gasteiger partial charge in [-0.2, -0.15) is 0 Å². The smallest absolute Gasteiger partial charge is 0.219 e. The van der Waals surface area contributed by atoms with Crippen LogP contribution in [0.2, 0.25) is 0 Å². The van der Waals surface area contributed by atoms with E-state index in [1.165, 1.54) is 12.1 Å². The first-order chi connectivity index (χ1) is 11.1. The van der Waals surface area contributed by atoms with Gasteiger partial charge < -0.3 is 15.1 Å². The third-order valence-corrected chi connectivity index (χ3v) is 3.93. The number of carbonyl (C=O) groups excluding carboxylic acids is 1. The summed E-state index contributed by atoms with van der Waals surface area (Å²) in [7, 11) is 0. The highest BCUT2D eigenvalue weighted by Crippen LogP contribution is 2.05. The van der Waals surface area contributed by atoms with E-state index in [4.69, 9.17) is 0 Å². The number of piperazine rings is 1. The Hall–Kier alpha value is -1.38. The van der Waals surface area contributed by atoms with E-state index >= 15 is 0 Å². The standard InChI is InChI=1S/C17H25FN4O.HI/c1-3-19-17(22-12-10-21(11-13-22)14(2)23)20-9-8-15-4-6-16(18)7-5-15;/h4-7H,3,8-13H2,1-2H3,(H,19,20);1H. The minimum absolute atomic E-state index is 0. The molecule has 0 bridgehead atoms. The van der Waals surface area contributed by atoms with Gasteiger partial charge in [-0.1, -0.05) is 12.1 Å². The maximum atomic E-state index is 12.9. The van der Waals surface area contributed by atoms with Crippen LogP contribution in [0.1, 0.15) is 19.4 Å². The molecule has 0 atom stereocenters. The van der Waals surface area contributed by atoms with Gasteiger partial charge in [0.15, 0.2) is 5.96 Å². The third-order valence-electron chi connectivity index (χ3n) is 3.93. The van der Waals surface area contributed by atoms with Crippen LogP contribution >= 0.6 is 24.0 Å². The van der Waals surface area contributed by atoms with Crippen molar-refractivity contribution >= 4 is 35.8 Å². The first kappa shape index (κ1) is 20.7. The van der Waals surface area contributed by atoms with Gasteiger partial charge in [-0.05, 0) is 31.0 Å². The van der Waals surface area contributed by atoms with Gasteiger partial charge in [-0.15, -0.1) is 24.0 Å². The second-order valence-corrected chi connectivity index (χ2v) is 5.61. The van der Waals surface area contributed by atoms with Gasteiger partial charge in [0.1, 0.15) is 5.82 Å². The lowest BCUT2D eigenvalue weighted by Crippen LogP contribution is -2.53. The summed E-state index contributed by atoms with van der Waals surface area (Å²) >= 11 is 0. The number of hydrogen-bond donors (Lipinski definition) is 1. The number of rotatable bonds is 4. The lowest BCUT2D eigenvalue weighted by atomic mass is 10.1. The van der Waals surface area contributed by atoms with E-state index < -0.39 is 0 Å². The topological polar surface area (TPSA) is 47.9 Å². The molecule has 2 rings (SSSR count). The Morgan fingerprint density at radius 1 is 1.17 bits per heavy atom. The van der Waals surface area contributed by atoms with Gasteiger partial charge in [0.25, 0.3) is 0 Å². The fourth-order valence-corrected chi connectivity index (χ4v) is 2.60. The Labute approximate surface area is 160 Å². The van der Waals surface area contributed by atoms with Crippen molar-refractivity contribution in [3.8, 4) is 0 Å². The van der Waals surface area contributed by atoms with Gasteiger partial charge in [-0.3, -0.25) is 9.79 Å². The molecular weight excluding hydrogens is 422 g/mol. The molecule has 24 heavy (non-hydrogen) atoms. The summed E-state index contributed by atoms with van der Waals surface area (Å²) in [6.07, 6.45) is 0.780. The molecule has 1 heterocycles.